The molecule has 2 aliphatic rings. The molecule has 0 atom stereocenters. The fraction of sp³-hybridized carbons (Fsp3) is 0.278. The average Bonchev–Trinajstić information content (AvgIpc) is 3.28. The lowest BCUT2D eigenvalue weighted by Gasteiger charge is -2.36. The van der Waals surface area contributed by atoms with Gasteiger partial charge in [0.2, 0.25) is 0 Å². The molecule has 12 heteroatoms. The van der Waals surface area contributed by atoms with E-state index in [4.69, 9.17) is 0 Å². The van der Waals surface area contributed by atoms with Crippen LogP contribution >= 0.6 is 0 Å². The Bertz CT molecular complexity index is 1280. The highest BCUT2D eigenvalue weighted by Gasteiger charge is 2.36. The number of nitrogens with zero attached hydrogens (tertiary/aromatic N) is 6. The van der Waals surface area contributed by atoms with Crippen LogP contribution < -0.4 is 4.90 Å². The topological polar surface area (TPSA) is 83.2 Å². The number of imidazole rings is 1. The lowest BCUT2D eigenvalue weighted by atomic mass is 10.1. The smallest absolute Gasteiger partial charge is 0.352 e. The zero-order valence-electron chi connectivity index (χ0n) is 15.4. The van der Waals surface area contributed by atoms with E-state index in [9.17, 15) is 21.6 Å². The summed E-state index contributed by atoms with van der Waals surface area (Å²) in [6, 6.07) is 6.65. The second-order valence-corrected chi connectivity index (χ2v) is 8.54. The lowest BCUT2D eigenvalue weighted by molar-refractivity contribution is -0.140. The number of sulfonamides is 1. The van der Waals surface area contributed by atoms with E-state index in [0.29, 0.717) is 43.4 Å². The maximum atomic E-state index is 13.0. The molecule has 1 saturated heterocycles. The minimum absolute atomic E-state index is 0.129. The van der Waals surface area contributed by atoms with E-state index in [1.165, 1.54) is 22.9 Å². The van der Waals surface area contributed by atoms with Gasteiger partial charge in [-0.2, -0.15) is 21.6 Å². The van der Waals surface area contributed by atoms with Crippen molar-refractivity contribution in [1.29, 1.82) is 0 Å². The summed E-state index contributed by atoms with van der Waals surface area (Å²) >= 11 is 0. The molecule has 0 N–H and O–H groups in total. The van der Waals surface area contributed by atoms with Crippen molar-refractivity contribution in [2.45, 2.75) is 11.1 Å². The van der Waals surface area contributed by atoms with Crippen molar-refractivity contribution in [3.8, 4) is 0 Å². The summed E-state index contributed by atoms with van der Waals surface area (Å²) in [7, 11) is -3.71. The van der Waals surface area contributed by atoms with Crippen molar-refractivity contribution in [1.82, 2.24) is 19.3 Å². The van der Waals surface area contributed by atoms with Crippen LogP contribution in [0.4, 0.5) is 19.0 Å². The third-order valence-corrected chi connectivity index (χ3v) is 6.46. The van der Waals surface area contributed by atoms with Crippen LogP contribution in [0.15, 0.2) is 52.1 Å². The van der Waals surface area contributed by atoms with Crippen molar-refractivity contribution in [3.05, 3.63) is 54.1 Å². The minimum atomic E-state index is -4.54. The molecule has 2 aromatic heterocycles. The SMILES string of the molecule is O=S1(=O)N=C(N2CCN(c3nccn4cc(C(F)(F)F)nc34)CC2)c2ccccc21. The number of hydrogen-bond donors (Lipinski definition) is 0. The lowest BCUT2D eigenvalue weighted by Crippen LogP contribution is -2.49. The number of hydrogen-bond acceptors (Lipinski definition) is 6. The number of rotatable bonds is 1. The highest BCUT2D eigenvalue weighted by Crippen LogP contribution is 2.31. The largest absolute Gasteiger partial charge is 0.434 e. The molecule has 0 aliphatic carbocycles. The van der Waals surface area contributed by atoms with Gasteiger partial charge in [-0.3, -0.25) is 0 Å². The molecule has 156 valence electrons. The number of fused-ring (bicyclic) bond motifs is 2. The molecule has 4 heterocycles. The van der Waals surface area contributed by atoms with Crippen molar-refractivity contribution in [2.75, 3.05) is 31.1 Å². The van der Waals surface area contributed by atoms with Gasteiger partial charge in [-0.25, -0.2) is 9.97 Å². The molecule has 1 aromatic carbocycles. The van der Waals surface area contributed by atoms with Crippen LogP contribution in [0.25, 0.3) is 5.65 Å². The van der Waals surface area contributed by atoms with E-state index in [1.807, 2.05) is 9.80 Å². The molecule has 1 fully saturated rings. The summed E-state index contributed by atoms with van der Waals surface area (Å²) < 4.78 is 68.9. The van der Waals surface area contributed by atoms with Crippen molar-refractivity contribution >= 4 is 27.3 Å². The maximum absolute atomic E-state index is 13.0. The fourth-order valence-corrected chi connectivity index (χ4v) is 4.94. The monoisotopic (exact) mass is 436 g/mol. The first-order valence-corrected chi connectivity index (χ1v) is 10.5. The Kier molecular flexibility index (Phi) is 4.04. The molecule has 5 rings (SSSR count). The molecule has 0 saturated carbocycles. The number of anilines is 1. The van der Waals surface area contributed by atoms with E-state index in [2.05, 4.69) is 14.4 Å². The zero-order valence-corrected chi connectivity index (χ0v) is 16.2. The summed E-state index contributed by atoms with van der Waals surface area (Å²) in [6.07, 6.45) is -0.750. The Hall–Kier alpha value is -3.15. The molecule has 3 aromatic rings. The second-order valence-electron chi connectivity index (χ2n) is 6.97. The first-order valence-electron chi connectivity index (χ1n) is 9.09. The summed E-state index contributed by atoms with van der Waals surface area (Å²) in [5.41, 5.74) is -0.281. The Labute approximate surface area is 169 Å². The average molecular weight is 436 g/mol. The van der Waals surface area contributed by atoms with Crippen molar-refractivity contribution in [2.24, 2.45) is 4.40 Å². The van der Waals surface area contributed by atoms with Crippen LogP contribution in [0.1, 0.15) is 11.3 Å². The number of amidine groups is 1. The Morgan fingerprint density at radius 3 is 2.43 bits per heavy atom. The third-order valence-electron chi connectivity index (χ3n) is 5.14. The predicted octanol–water partition coefficient (Wildman–Crippen LogP) is 2.02. The van der Waals surface area contributed by atoms with Gasteiger partial charge in [0.25, 0.3) is 10.0 Å². The second kappa shape index (κ2) is 6.42. The molecule has 30 heavy (non-hydrogen) atoms. The molecule has 0 radical (unpaired) electrons. The van der Waals surface area contributed by atoms with Crippen LogP contribution in [0.3, 0.4) is 0 Å². The molecule has 0 unspecified atom stereocenters. The summed E-state index contributed by atoms with van der Waals surface area (Å²) in [5, 5.41) is 0. The number of piperazine rings is 1. The Balaban J connectivity index is 1.41. The van der Waals surface area contributed by atoms with Gasteiger partial charge < -0.3 is 14.2 Å². The Morgan fingerprint density at radius 2 is 1.70 bits per heavy atom. The van der Waals surface area contributed by atoms with Crippen LogP contribution in [-0.2, 0) is 16.2 Å². The molecular formula is C18H15F3N6O2S. The third kappa shape index (κ3) is 2.98. The molecule has 8 nitrogen and oxygen atoms in total. The van der Waals surface area contributed by atoms with Gasteiger partial charge in [0.1, 0.15) is 4.90 Å². The molecule has 0 spiro atoms. The van der Waals surface area contributed by atoms with Gasteiger partial charge in [-0.15, -0.1) is 4.40 Å². The quantitative estimate of drug-likeness (QED) is 0.581. The normalized spacial score (nSPS) is 18.6. The standard InChI is InChI=1S/C18H15F3N6O2S/c19-18(20,21)14-11-27-6-5-22-16(17(27)23-14)26-9-7-25(8-10-26)15-12-3-1-2-4-13(12)30(28,29)24-15/h1-6,11H,7-10H2. The highest BCUT2D eigenvalue weighted by molar-refractivity contribution is 7.90. The van der Waals surface area contributed by atoms with Crippen LogP contribution in [0, 0.1) is 0 Å². The van der Waals surface area contributed by atoms with Gasteiger partial charge in [0, 0.05) is 50.3 Å². The van der Waals surface area contributed by atoms with E-state index in [0.717, 1.165) is 6.20 Å². The van der Waals surface area contributed by atoms with E-state index in [-0.39, 0.29) is 10.5 Å². The van der Waals surface area contributed by atoms with E-state index in [1.54, 1.807) is 18.2 Å². The van der Waals surface area contributed by atoms with Crippen LogP contribution in [-0.4, -0.2) is 59.7 Å². The number of alkyl halides is 3. The molecule has 0 bridgehead atoms. The molecule has 0 amide bonds. The van der Waals surface area contributed by atoms with Crippen molar-refractivity contribution in [3.63, 3.8) is 0 Å². The van der Waals surface area contributed by atoms with E-state index >= 15 is 0 Å². The molecule has 2 aliphatic heterocycles. The van der Waals surface area contributed by atoms with Gasteiger partial charge in [0.05, 0.1) is 0 Å². The number of halogens is 3. The highest BCUT2D eigenvalue weighted by atomic mass is 32.2. The van der Waals surface area contributed by atoms with Gasteiger partial charge in [-0.05, 0) is 12.1 Å². The van der Waals surface area contributed by atoms with Crippen molar-refractivity contribution < 1.29 is 21.6 Å². The maximum Gasteiger partial charge on any atom is 0.434 e. The zero-order chi connectivity index (χ0) is 21.1. The molecular weight excluding hydrogens is 421 g/mol. The summed E-state index contributed by atoms with van der Waals surface area (Å²) in [5.74, 6) is 0.755. The van der Waals surface area contributed by atoms with Gasteiger partial charge in [0.15, 0.2) is 23.0 Å². The number of aromatic nitrogens is 3. The fourth-order valence-electron chi connectivity index (χ4n) is 3.71. The predicted molar refractivity (Wildman–Crippen MR) is 102 cm³/mol. The van der Waals surface area contributed by atoms with Gasteiger partial charge >= 0.3 is 6.18 Å². The van der Waals surface area contributed by atoms with Gasteiger partial charge in [-0.1, -0.05) is 12.1 Å². The summed E-state index contributed by atoms with van der Waals surface area (Å²) in [4.78, 5) is 11.9. The first kappa shape index (κ1) is 18.9. The van der Waals surface area contributed by atoms with E-state index < -0.39 is 21.9 Å². The minimum Gasteiger partial charge on any atom is -0.352 e. The number of benzene rings is 1. The first-order chi connectivity index (χ1) is 14.2. The van der Waals surface area contributed by atoms with Crippen LogP contribution in [0.5, 0.6) is 0 Å². The Morgan fingerprint density at radius 1 is 1.00 bits per heavy atom. The summed E-state index contributed by atoms with van der Waals surface area (Å²) in [6.45, 7) is 1.75. The van der Waals surface area contributed by atoms with Crippen LogP contribution in [0.2, 0.25) is 0 Å².